The number of urea groups is 1. The third-order valence-corrected chi connectivity index (χ3v) is 6.93. The van der Waals surface area contributed by atoms with E-state index in [1.165, 1.54) is 12.1 Å². The molecule has 2 aromatic carbocycles. The Bertz CT molecular complexity index is 1440. The summed E-state index contributed by atoms with van der Waals surface area (Å²) in [6.07, 6.45) is 2.74. The van der Waals surface area contributed by atoms with Crippen molar-refractivity contribution in [2.75, 3.05) is 38.7 Å². The number of nitrogens with zero attached hydrogens (tertiary/aromatic N) is 4. The molecule has 3 heterocycles. The van der Waals surface area contributed by atoms with Crippen LogP contribution in [0.3, 0.4) is 0 Å². The van der Waals surface area contributed by atoms with E-state index < -0.39 is 17.7 Å². The van der Waals surface area contributed by atoms with Crippen molar-refractivity contribution in [3.05, 3.63) is 95.3 Å². The number of nitrogens with two attached hydrogens (primary N) is 1. The van der Waals surface area contributed by atoms with Gasteiger partial charge in [-0.2, -0.15) is 5.10 Å². The van der Waals surface area contributed by atoms with Gasteiger partial charge in [-0.15, -0.1) is 0 Å². The van der Waals surface area contributed by atoms with E-state index in [0.717, 1.165) is 59.8 Å². The van der Waals surface area contributed by atoms with E-state index in [2.05, 4.69) is 20.3 Å². The number of pyridine rings is 1. The Labute approximate surface area is 232 Å². The predicted molar refractivity (Wildman–Crippen MR) is 152 cm³/mol. The second-order valence-corrected chi connectivity index (χ2v) is 9.65. The lowest BCUT2D eigenvalue weighted by molar-refractivity contribution is 0.160. The Hall–Kier alpha value is -4.15. The number of amides is 2. The van der Waals surface area contributed by atoms with E-state index >= 15 is 0 Å². The first-order chi connectivity index (χ1) is 19.3. The van der Waals surface area contributed by atoms with E-state index in [9.17, 15) is 13.6 Å². The molecule has 0 saturated carbocycles. The Kier molecular flexibility index (Phi) is 9.57. The van der Waals surface area contributed by atoms with Crippen LogP contribution in [0.1, 0.15) is 29.2 Å². The number of carbonyl (C=O) groups is 1. The molecule has 5 rings (SSSR count). The molecular formula is C30H34F2N6O2. The molecule has 0 bridgehead atoms. The molecule has 1 aliphatic heterocycles. The highest BCUT2D eigenvalue weighted by atomic mass is 19.2. The number of para-hydroxylation sites is 1. The van der Waals surface area contributed by atoms with Gasteiger partial charge < -0.3 is 15.4 Å². The van der Waals surface area contributed by atoms with E-state index in [0.29, 0.717) is 18.3 Å². The zero-order chi connectivity index (χ0) is 28.6. The third-order valence-electron chi connectivity index (χ3n) is 6.93. The molecule has 2 amide bonds. The minimum atomic E-state index is -0.775. The van der Waals surface area contributed by atoms with Crippen molar-refractivity contribution in [3.8, 4) is 16.9 Å². The number of hydrogen-bond donors (Lipinski definition) is 2. The van der Waals surface area contributed by atoms with Crippen LogP contribution >= 0.6 is 0 Å². The zero-order valence-electron chi connectivity index (χ0n) is 22.9. The minimum absolute atomic E-state index is 0.307. The van der Waals surface area contributed by atoms with Crippen molar-refractivity contribution < 1.29 is 18.3 Å². The highest BCUT2D eigenvalue weighted by molar-refractivity contribution is 5.89. The van der Waals surface area contributed by atoms with Gasteiger partial charge in [0.15, 0.2) is 11.6 Å². The number of benzene rings is 2. The molecule has 0 spiro atoms. The molecule has 10 heteroatoms. The second kappa shape index (κ2) is 13.3. The van der Waals surface area contributed by atoms with E-state index in [-0.39, 0.29) is 0 Å². The SMILES string of the molecule is COCCN1CCC(c2ccc(F)c(F)c2)C1.Cc1ncccc1-c1nn(-c2ccccc2)c(NC(N)=O)c1C. The average Bonchev–Trinajstić information content (AvgIpc) is 3.55. The maximum Gasteiger partial charge on any atom is 0.317 e. The van der Waals surface area contributed by atoms with Crippen LogP contribution in [0.4, 0.5) is 19.4 Å². The summed E-state index contributed by atoms with van der Waals surface area (Å²) in [6.45, 7) is 7.33. The van der Waals surface area contributed by atoms with Gasteiger partial charge in [0.1, 0.15) is 5.82 Å². The van der Waals surface area contributed by atoms with Crippen molar-refractivity contribution >= 4 is 11.8 Å². The summed E-state index contributed by atoms with van der Waals surface area (Å²) in [7, 11) is 1.68. The molecule has 1 unspecified atom stereocenters. The Morgan fingerprint density at radius 3 is 2.55 bits per heavy atom. The summed E-state index contributed by atoms with van der Waals surface area (Å²) in [4.78, 5) is 18.0. The average molecular weight is 549 g/mol. The number of likely N-dealkylation sites (tertiary alicyclic amines) is 1. The first-order valence-corrected chi connectivity index (χ1v) is 13.1. The number of halogens is 2. The molecule has 2 aromatic heterocycles. The van der Waals surface area contributed by atoms with Crippen LogP contribution in [0.2, 0.25) is 0 Å². The summed E-state index contributed by atoms with van der Waals surface area (Å²) in [5.74, 6) is -0.662. The molecule has 8 nitrogen and oxygen atoms in total. The molecule has 1 fully saturated rings. The van der Waals surface area contributed by atoms with Crippen LogP contribution in [0, 0.1) is 25.5 Å². The predicted octanol–water partition coefficient (Wildman–Crippen LogP) is 5.44. The smallest absolute Gasteiger partial charge is 0.317 e. The molecule has 3 N–H and O–H groups in total. The van der Waals surface area contributed by atoms with Crippen molar-refractivity contribution in [2.24, 2.45) is 5.73 Å². The summed E-state index contributed by atoms with van der Waals surface area (Å²) < 4.78 is 32.7. The van der Waals surface area contributed by atoms with Crippen LogP contribution in [-0.2, 0) is 4.74 Å². The largest absolute Gasteiger partial charge is 0.383 e. The number of methoxy groups -OCH3 is 1. The molecule has 1 atom stereocenters. The van der Waals surface area contributed by atoms with Gasteiger partial charge in [-0.3, -0.25) is 10.3 Å². The molecule has 0 aliphatic carbocycles. The highest BCUT2D eigenvalue weighted by Gasteiger charge is 2.24. The Morgan fingerprint density at radius 2 is 1.88 bits per heavy atom. The van der Waals surface area contributed by atoms with Crippen LogP contribution < -0.4 is 11.1 Å². The van der Waals surface area contributed by atoms with Crippen LogP contribution in [0.5, 0.6) is 0 Å². The van der Waals surface area contributed by atoms with E-state index in [4.69, 9.17) is 10.5 Å². The summed E-state index contributed by atoms with van der Waals surface area (Å²) in [5, 5.41) is 7.34. The fraction of sp³-hybridized carbons (Fsp3) is 0.300. The number of anilines is 1. The summed E-state index contributed by atoms with van der Waals surface area (Å²) >= 11 is 0. The fourth-order valence-electron chi connectivity index (χ4n) is 4.80. The lowest BCUT2D eigenvalue weighted by Crippen LogP contribution is -2.24. The van der Waals surface area contributed by atoms with E-state index in [1.54, 1.807) is 24.1 Å². The van der Waals surface area contributed by atoms with Crippen molar-refractivity contribution in [1.82, 2.24) is 19.7 Å². The third kappa shape index (κ3) is 6.88. The number of primary amides is 1. The monoisotopic (exact) mass is 548 g/mol. The van der Waals surface area contributed by atoms with Crippen molar-refractivity contribution in [3.63, 3.8) is 0 Å². The number of nitrogens with one attached hydrogen (secondary N) is 1. The van der Waals surface area contributed by atoms with Crippen molar-refractivity contribution in [2.45, 2.75) is 26.2 Å². The lowest BCUT2D eigenvalue weighted by Gasteiger charge is -2.15. The number of aromatic nitrogens is 3. The number of hydrogen-bond acceptors (Lipinski definition) is 5. The molecule has 40 heavy (non-hydrogen) atoms. The van der Waals surface area contributed by atoms with Gasteiger partial charge in [0.05, 0.1) is 18.0 Å². The second-order valence-electron chi connectivity index (χ2n) is 9.65. The lowest BCUT2D eigenvalue weighted by atomic mass is 9.98. The van der Waals surface area contributed by atoms with Gasteiger partial charge in [-0.05, 0) is 74.7 Å². The molecule has 4 aromatic rings. The summed E-state index contributed by atoms with van der Waals surface area (Å²) in [5.41, 5.74) is 10.4. The van der Waals surface area contributed by atoms with Crippen LogP contribution in [0.25, 0.3) is 16.9 Å². The maximum atomic E-state index is 13.1. The normalized spacial score (nSPS) is 15.0. The van der Waals surface area contributed by atoms with Gasteiger partial charge in [0.2, 0.25) is 0 Å². The Balaban J connectivity index is 0.000000194. The molecule has 0 radical (unpaired) electrons. The van der Waals surface area contributed by atoms with Crippen LogP contribution in [-0.4, -0.2) is 59.0 Å². The van der Waals surface area contributed by atoms with Gasteiger partial charge >= 0.3 is 6.03 Å². The number of aryl methyl sites for hydroxylation is 1. The number of ether oxygens (including phenoxy) is 1. The quantitative estimate of drug-likeness (QED) is 0.320. The van der Waals surface area contributed by atoms with Gasteiger partial charge in [0.25, 0.3) is 0 Å². The van der Waals surface area contributed by atoms with Crippen molar-refractivity contribution in [1.29, 1.82) is 0 Å². The van der Waals surface area contributed by atoms with Gasteiger partial charge in [-0.25, -0.2) is 18.3 Å². The zero-order valence-corrected chi connectivity index (χ0v) is 22.9. The van der Waals surface area contributed by atoms with Gasteiger partial charge in [0, 0.05) is 43.2 Å². The van der Waals surface area contributed by atoms with E-state index in [1.807, 2.05) is 56.3 Å². The molecule has 1 saturated heterocycles. The maximum absolute atomic E-state index is 13.1. The molecular weight excluding hydrogens is 514 g/mol. The molecule has 1 aliphatic rings. The fourth-order valence-corrected chi connectivity index (χ4v) is 4.80. The first-order valence-electron chi connectivity index (χ1n) is 13.1. The first kappa shape index (κ1) is 28.8. The van der Waals surface area contributed by atoms with Gasteiger partial charge in [-0.1, -0.05) is 24.3 Å². The number of carbonyl (C=O) groups excluding carboxylic acids is 1. The van der Waals surface area contributed by atoms with Crippen LogP contribution in [0.15, 0.2) is 66.9 Å². The highest BCUT2D eigenvalue weighted by Crippen LogP contribution is 2.31. The number of rotatable bonds is 7. The Morgan fingerprint density at radius 1 is 1.10 bits per heavy atom. The minimum Gasteiger partial charge on any atom is -0.383 e. The standard InChI is InChI=1S/C17H17N5O.C13H17F2NO/c1-11-15(14-9-6-10-19-12(14)2)21-22(16(11)20-17(18)23)13-7-4-3-5-8-13;1-17-7-6-16-5-4-11(9-16)10-2-3-12(14)13(15)8-10/h3-10H,1-2H3,(H3,18,20,23);2-3,8,11H,4-7,9H2,1H3. The molecule has 210 valence electrons. The topological polar surface area (TPSA) is 98.3 Å². The summed E-state index contributed by atoms with van der Waals surface area (Å²) in [6, 6.07) is 17.0.